The lowest BCUT2D eigenvalue weighted by molar-refractivity contribution is -0.131. The number of benzene rings is 1. The molecule has 30 heavy (non-hydrogen) atoms. The number of pyridine rings is 1. The highest BCUT2D eigenvalue weighted by atomic mass is 35.5. The molecule has 0 bridgehead atoms. The zero-order valence-electron chi connectivity index (χ0n) is 16.6. The Bertz CT molecular complexity index is 992. The van der Waals surface area contributed by atoms with Gasteiger partial charge in [0.1, 0.15) is 11.6 Å². The van der Waals surface area contributed by atoms with Crippen molar-refractivity contribution in [2.24, 2.45) is 0 Å². The number of hydrogen-bond acceptors (Lipinski definition) is 6. The lowest BCUT2D eigenvalue weighted by atomic mass is 10.2. The van der Waals surface area contributed by atoms with Crippen molar-refractivity contribution in [1.82, 2.24) is 9.88 Å². The van der Waals surface area contributed by atoms with Crippen molar-refractivity contribution in [1.29, 1.82) is 0 Å². The van der Waals surface area contributed by atoms with E-state index in [9.17, 15) is 13.2 Å². The van der Waals surface area contributed by atoms with Gasteiger partial charge in [0.2, 0.25) is 5.91 Å². The topological polar surface area (TPSA) is 79.8 Å². The van der Waals surface area contributed by atoms with E-state index in [1.165, 1.54) is 12.1 Å². The first-order chi connectivity index (χ1) is 14.2. The van der Waals surface area contributed by atoms with E-state index < -0.39 is 9.84 Å². The highest BCUT2D eigenvalue weighted by Crippen LogP contribution is 2.26. The van der Waals surface area contributed by atoms with Crippen LogP contribution in [0.5, 0.6) is 5.75 Å². The van der Waals surface area contributed by atoms with Crippen LogP contribution < -0.4 is 9.64 Å². The summed E-state index contributed by atoms with van der Waals surface area (Å²) in [5.41, 5.74) is 0. The van der Waals surface area contributed by atoms with Crippen molar-refractivity contribution in [3.8, 4) is 5.75 Å². The molecule has 3 rings (SSSR count). The van der Waals surface area contributed by atoms with Crippen LogP contribution in [-0.4, -0.2) is 63.3 Å². The number of nitrogens with zero attached hydrogens (tertiary/aromatic N) is 3. The Morgan fingerprint density at radius 2 is 1.80 bits per heavy atom. The summed E-state index contributed by atoms with van der Waals surface area (Å²) in [4.78, 5) is 20.9. The van der Waals surface area contributed by atoms with Gasteiger partial charge < -0.3 is 14.5 Å². The number of ether oxygens (including phenoxy) is 1. The summed E-state index contributed by atoms with van der Waals surface area (Å²) in [5, 5.41) is 0.995. The van der Waals surface area contributed by atoms with Gasteiger partial charge in [0.15, 0.2) is 9.84 Å². The van der Waals surface area contributed by atoms with E-state index in [1.807, 2.05) is 9.80 Å². The zero-order valence-corrected chi connectivity index (χ0v) is 18.9. The second kappa shape index (κ2) is 9.85. The van der Waals surface area contributed by atoms with Crippen LogP contribution in [0.15, 0.2) is 41.4 Å². The van der Waals surface area contributed by atoms with Crippen molar-refractivity contribution in [3.63, 3.8) is 0 Å². The third-order valence-electron chi connectivity index (χ3n) is 4.78. The van der Waals surface area contributed by atoms with Crippen molar-refractivity contribution >= 4 is 44.8 Å². The largest absolute Gasteiger partial charge is 0.494 e. The third-order valence-corrected chi connectivity index (χ3v) is 6.39. The summed E-state index contributed by atoms with van der Waals surface area (Å²) in [6, 6.07) is 7.92. The normalized spacial score (nSPS) is 14.6. The molecule has 2 heterocycles. The smallest absolute Gasteiger partial charge is 0.222 e. The van der Waals surface area contributed by atoms with Crippen molar-refractivity contribution in [3.05, 3.63) is 46.6 Å². The monoisotopic (exact) mass is 471 g/mol. The second-order valence-corrected chi connectivity index (χ2v) is 9.88. The molecule has 1 saturated heterocycles. The molecule has 0 radical (unpaired) electrons. The minimum atomic E-state index is -3.22. The maximum Gasteiger partial charge on any atom is 0.222 e. The van der Waals surface area contributed by atoms with Gasteiger partial charge in [-0.05, 0) is 36.8 Å². The summed E-state index contributed by atoms with van der Waals surface area (Å²) in [6.07, 6.45) is 3.70. The van der Waals surface area contributed by atoms with Gasteiger partial charge in [-0.1, -0.05) is 23.2 Å². The molecule has 2 aromatic rings. The fourth-order valence-corrected chi connectivity index (χ4v) is 4.29. The van der Waals surface area contributed by atoms with E-state index in [0.717, 1.165) is 6.26 Å². The van der Waals surface area contributed by atoms with Gasteiger partial charge in [-0.15, -0.1) is 0 Å². The minimum Gasteiger partial charge on any atom is -0.494 e. The third kappa shape index (κ3) is 6.00. The first-order valence-corrected chi connectivity index (χ1v) is 12.2. The van der Waals surface area contributed by atoms with E-state index >= 15 is 0 Å². The van der Waals surface area contributed by atoms with Gasteiger partial charge >= 0.3 is 0 Å². The number of carbonyl (C=O) groups is 1. The summed E-state index contributed by atoms with van der Waals surface area (Å²) in [7, 11) is -3.22. The predicted molar refractivity (Wildman–Crippen MR) is 117 cm³/mol. The van der Waals surface area contributed by atoms with Gasteiger partial charge in [0, 0.05) is 45.1 Å². The summed E-state index contributed by atoms with van der Waals surface area (Å²) in [6.45, 7) is 2.90. The number of rotatable bonds is 7. The van der Waals surface area contributed by atoms with Gasteiger partial charge in [0.05, 0.1) is 21.5 Å². The van der Waals surface area contributed by atoms with E-state index in [-0.39, 0.29) is 10.8 Å². The molecule has 1 amide bonds. The Morgan fingerprint density at radius 3 is 2.40 bits per heavy atom. The standard InChI is InChI=1S/C20H23Cl2N3O4S/c1-30(27,28)17-6-4-16(5-7-17)29-12-2-3-19(26)24-8-10-25(11-9-24)20-18(22)13-15(21)14-23-20/h4-7,13-14H,2-3,8-12H2,1H3. The molecule has 0 atom stereocenters. The Balaban J connectivity index is 1.40. The molecular weight excluding hydrogens is 449 g/mol. The molecule has 0 saturated carbocycles. The van der Waals surface area contributed by atoms with Crippen LogP contribution in [0.4, 0.5) is 5.82 Å². The molecule has 1 aromatic carbocycles. The molecule has 0 unspecified atom stereocenters. The van der Waals surface area contributed by atoms with E-state index in [0.29, 0.717) is 67.2 Å². The number of carbonyl (C=O) groups excluding carboxylic acids is 1. The number of amides is 1. The van der Waals surface area contributed by atoms with Crippen molar-refractivity contribution in [2.45, 2.75) is 17.7 Å². The first kappa shape index (κ1) is 22.7. The molecule has 1 aliphatic rings. The number of sulfone groups is 1. The number of anilines is 1. The average Bonchev–Trinajstić information content (AvgIpc) is 2.71. The van der Waals surface area contributed by atoms with Crippen molar-refractivity contribution < 1.29 is 17.9 Å². The molecule has 1 fully saturated rings. The first-order valence-electron chi connectivity index (χ1n) is 9.51. The summed E-state index contributed by atoms with van der Waals surface area (Å²) >= 11 is 12.1. The maximum absolute atomic E-state index is 12.4. The molecule has 10 heteroatoms. The summed E-state index contributed by atoms with van der Waals surface area (Å²) < 4.78 is 28.5. The van der Waals surface area contributed by atoms with Crippen molar-refractivity contribution in [2.75, 3.05) is 43.9 Å². The molecule has 1 aromatic heterocycles. The lowest BCUT2D eigenvalue weighted by Gasteiger charge is -2.35. The minimum absolute atomic E-state index is 0.0841. The van der Waals surface area contributed by atoms with Crippen LogP contribution in [0.3, 0.4) is 0 Å². The fraction of sp³-hybridized carbons (Fsp3) is 0.400. The second-order valence-electron chi connectivity index (χ2n) is 7.02. The maximum atomic E-state index is 12.4. The zero-order chi connectivity index (χ0) is 21.7. The predicted octanol–water partition coefficient (Wildman–Crippen LogP) is 3.30. The quantitative estimate of drug-likeness (QED) is 0.576. The number of aromatic nitrogens is 1. The molecular formula is C20H23Cl2N3O4S. The van der Waals surface area contributed by atoms with Crippen LogP contribution in [0.25, 0.3) is 0 Å². The molecule has 0 N–H and O–H groups in total. The fourth-order valence-electron chi connectivity index (χ4n) is 3.16. The average molecular weight is 472 g/mol. The van der Waals surface area contributed by atoms with E-state index in [2.05, 4.69) is 4.98 Å². The Hall–Kier alpha value is -2.03. The molecule has 0 spiro atoms. The van der Waals surface area contributed by atoms with Crippen LogP contribution in [0, 0.1) is 0 Å². The van der Waals surface area contributed by atoms with E-state index in [4.69, 9.17) is 27.9 Å². The lowest BCUT2D eigenvalue weighted by Crippen LogP contribution is -2.49. The highest BCUT2D eigenvalue weighted by Gasteiger charge is 2.23. The van der Waals surface area contributed by atoms with Gasteiger partial charge in [-0.2, -0.15) is 0 Å². The summed E-state index contributed by atoms with van der Waals surface area (Å²) in [5.74, 6) is 1.35. The Morgan fingerprint density at radius 1 is 1.13 bits per heavy atom. The molecule has 1 aliphatic heterocycles. The Labute approximate surface area is 186 Å². The molecule has 0 aliphatic carbocycles. The molecule has 7 nitrogen and oxygen atoms in total. The van der Waals surface area contributed by atoms with Crippen LogP contribution in [0.2, 0.25) is 10.0 Å². The number of hydrogen-bond donors (Lipinski definition) is 0. The van der Waals surface area contributed by atoms with Gasteiger partial charge in [-0.3, -0.25) is 4.79 Å². The SMILES string of the molecule is CS(=O)(=O)c1ccc(OCCCC(=O)N2CCN(c3ncc(Cl)cc3Cl)CC2)cc1. The number of piperazine rings is 1. The van der Waals surface area contributed by atoms with Crippen LogP contribution in [0.1, 0.15) is 12.8 Å². The van der Waals surface area contributed by atoms with E-state index in [1.54, 1.807) is 24.4 Å². The highest BCUT2D eigenvalue weighted by molar-refractivity contribution is 7.90. The number of halogens is 2. The van der Waals surface area contributed by atoms with Gasteiger partial charge in [-0.25, -0.2) is 13.4 Å². The van der Waals surface area contributed by atoms with Crippen LogP contribution >= 0.6 is 23.2 Å². The molecule has 162 valence electrons. The van der Waals surface area contributed by atoms with Crippen LogP contribution in [-0.2, 0) is 14.6 Å². The van der Waals surface area contributed by atoms with Gasteiger partial charge in [0.25, 0.3) is 0 Å². The Kier molecular flexibility index (Phi) is 7.44.